The number of fused-ring (bicyclic) bond motifs is 18. The number of anilines is 6. The van der Waals surface area contributed by atoms with Gasteiger partial charge >= 0.3 is 0 Å². The van der Waals surface area contributed by atoms with Gasteiger partial charge in [-0.25, -0.2) is 0 Å². The Labute approximate surface area is 594 Å². The molecule has 104 heavy (non-hydrogen) atoms. The minimum Gasteiger partial charge on any atom is -0.456 e. The number of furan rings is 6. The lowest BCUT2D eigenvalue weighted by Crippen LogP contribution is -2.10. The molecule has 0 aliphatic carbocycles. The molecule has 488 valence electrons. The van der Waals surface area contributed by atoms with Crippen molar-refractivity contribution in [2.45, 2.75) is 0 Å². The van der Waals surface area contributed by atoms with Crippen LogP contribution in [0.2, 0.25) is 0 Å². The molecule has 0 saturated carbocycles. The zero-order valence-electron chi connectivity index (χ0n) is 55.8. The Morgan fingerprint density at radius 1 is 0.154 bits per heavy atom. The third-order valence-electron chi connectivity index (χ3n) is 20.6. The molecule has 0 radical (unpaired) electrons. The van der Waals surface area contributed by atoms with E-state index in [0.29, 0.717) is 0 Å². The summed E-state index contributed by atoms with van der Waals surface area (Å²) < 4.78 is 37.8. The van der Waals surface area contributed by atoms with Crippen LogP contribution in [0.25, 0.3) is 176 Å². The molecular formula is C96H58N2O6. The quantitative estimate of drug-likeness (QED) is 0.134. The maximum absolute atomic E-state index is 6.58. The van der Waals surface area contributed by atoms with Gasteiger partial charge < -0.3 is 36.3 Å². The number of para-hydroxylation sites is 9. The number of rotatable bonds is 10. The fourth-order valence-corrected chi connectivity index (χ4v) is 15.6. The number of hydrogen-bond acceptors (Lipinski definition) is 8. The Morgan fingerprint density at radius 2 is 0.423 bits per heavy atom. The van der Waals surface area contributed by atoms with Gasteiger partial charge in [-0.1, -0.05) is 218 Å². The van der Waals surface area contributed by atoms with Gasteiger partial charge in [-0.05, 0) is 167 Å². The maximum atomic E-state index is 6.58. The molecule has 0 amide bonds. The van der Waals surface area contributed by atoms with E-state index < -0.39 is 0 Å². The lowest BCUT2D eigenvalue weighted by molar-refractivity contribution is 0.668. The third kappa shape index (κ3) is 9.76. The van der Waals surface area contributed by atoms with Gasteiger partial charge in [-0.3, -0.25) is 0 Å². The van der Waals surface area contributed by atoms with Crippen LogP contribution in [-0.2, 0) is 0 Å². The Balaban J connectivity index is 0.000000134. The molecule has 0 aliphatic heterocycles. The summed E-state index contributed by atoms with van der Waals surface area (Å²) >= 11 is 0. The lowest BCUT2D eigenvalue weighted by Gasteiger charge is -2.26. The predicted molar refractivity (Wildman–Crippen MR) is 428 cm³/mol. The Kier molecular flexibility index (Phi) is 13.5. The molecule has 6 heterocycles. The van der Waals surface area contributed by atoms with Gasteiger partial charge in [0, 0.05) is 104 Å². The molecular weight excluding hydrogens is 1280 g/mol. The maximum Gasteiger partial charge on any atom is 0.159 e. The van der Waals surface area contributed by atoms with E-state index in [0.717, 1.165) is 210 Å². The Morgan fingerprint density at radius 3 is 0.827 bits per heavy atom. The van der Waals surface area contributed by atoms with Crippen molar-refractivity contribution in [1.29, 1.82) is 0 Å². The molecule has 22 rings (SSSR count). The van der Waals surface area contributed by atoms with E-state index in [-0.39, 0.29) is 0 Å². The molecule has 0 N–H and O–H groups in total. The molecule has 8 nitrogen and oxygen atoms in total. The number of benzene rings is 16. The second-order valence-corrected chi connectivity index (χ2v) is 26.6. The molecule has 0 aliphatic rings. The summed E-state index contributed by atoms with van der Waals surface area (Å²) in [5.41, 5.74) is 25.7. The standard InChI is InChI=1S/2C48H29NO3/c1-4-19-43-36(10-1)39-15-7-13-34(46(39)50-43)30-22-26-32(27-23-30)49(42-18-9-17-41-38-12-3-6-21-45(38)52-48(41)42)33-28-24-31(25-29-33)35-14-8-16-40-37-11-2-5-20-44(37)51-47(35)40;1-4-10-43-37(7-1)40-27-32(17-24-46(40)50-43)30-13-19-34(20-14-30)49(36-23-26-48-42(29-36)39-9-3-6-12-45(39)52-48)35-21-15-31(16-22-35)33-18-25-47-41(28-33)38-8-2-5-11-44(38)51-47/h2*1-29H. The van der Waals surface area contributed by atoms with Crippen LogP contribution in [0, 0.1) is 0 Å². The summed E-state index contributed by atoms with van der Waals surface area (Å²) in [6.45, 7) is 0. The molecule has 0 bridgehead atoms. The molecule has 22 aromatic rings. The first-order valence-corrected chi connectivity index (χ1v) is 35.0. The molecule has 0 fully saturated rings. The van der Waals surface area contributed by atoms with Crippen LogP contribution in [-0.4, -0.2) is 0 Å². The van der Waals surface area contributed by atoms with E-state index >= 15 is 0 Å². The molecule has 0 atom stereocenters. The van der Waals surface area contributed by atoms with Crippen molar-refractivity contribution < 1.29 is 26.5 Å². The fourth-order valence-electron chi connectivity index (χ4n) is 15.6. The SMILES string of the molecule is c1ccc2c(c1)oc1c(-c3ccc(N(c4ccc(-c5cccc6c5oc5ccccc56)cc4)c4cccc5c4oc4ccccc45)cc3)cccc12.c1ccc2c(c1)oc1ccc(-c3ccc(N(c4ccc(-c5ccc6oc7ccccc7c6c5)cc4)c4ccc5oc6ccccc6c5c4)cc3)cc12. The van der Waals surface area contributed by atoms with Gasteiger partial charge in [-0.2, -0.15) is 0 Å². The largest absolute Gasteiger partial charge is 0.456 e. The average molecular weight is 1340 g/mol. The summed E-state index contributed by atoms with van der Waals surface area (Å²) in [6.07, 6.45) is 0. The molecule has 16 aromatic carbocycles. The molecule has 6 aromatic heterocycles. The topological polar surface area (TPSA) is 85.3 Å². The Bertz CT molecular complexity index is 6790. The van der Waals surface area contributed by atoms with Crippen LogP contribution in [0.3, 0.4) is 0 Å². The highest BCUT2D eigenvalue weighted by Crippen LogP contribution is 2.47. The van der Waals surface area contributed by atoms with Crippen LogP contribution >= 0.6 is 0 Å². The zero-order chi connectivity index (χ0) is 68.3. The highest BCUT2D eigenvalue weighted by molar-refractivity contribution is 6.14. The molecule has 0 spiro atoms. The van der Waals surface area contributed by atoms with Gasteiger partial charge in [-0.15, -0.1) is 0 Å². The summed E-state index contributed by atoms with van der Waals surface area (Å²) in [6, 6.07) is 123. The first-order valence-electron chi connectivity index (χ1n) is 35.0. The van der Waals surface area contributed by atoms with Crippen LogP contribution in [0.15, 0.2) is 378 Å². The summed E-state index contributed by atoms with van der Waals surface area (Å²) in [7, 11) is 0. The minimum atomic E-state index is 0.843. The zero-order valence-corrected chi connectivity index (χ0v) is 55.8. The smallest absolute Gasteiger partial charge is 0.159 e. The predicted octanol–water partition coefficient (Wildman–Crippen LogP) is 28.4. The van der Waals surface area contributed by atoms with Gasteiger partial charge in [0.05, 0.1) is 5.69 Å². The van der Waals surface area contributed by atoms with Crippen molar-refractivity contribution in [3.05, 3.63) is 352 Å². The van der Waals surface area contributed by atoms with Crippen molar-refractivity contribution >= 4 is 166 Å². The van der Waals surface area contributed by atoms with Crippen molar-refractivity contribution in [3.63, 3.8) is 0 Å². The van der Waals surface area contributed by atoms with E-state index in [1.165, 1.54) is 0 Å². The van der Waals surface area contributed by atoms with Crippen molar-refractivity contribution in [2.75, 3.05) is 9.80 Å². The van der Waals surface area contributed by atoms with Crippen LogP contribution < -0.4 is 9.80 Å². The molecule has 8 heteroatoms. The summed E-state index contributed by atoms with van der Waals surface area (Å²) in [4.78, 5) is 4.59. The molecule has 0 saturated heterocycles. The third-order valence-corrected chi connectivity index (χ3v) is 20.6. The summed E-state index contributed by atoms with van der Waals surface area (Å²) in [5, 5.41) is 13.4. The minimum absolute atomic E-state index is 0.843. The van der Waals surface area contributed by atoms with Crippen molar-refractivity contribution in [1.82, 2.24) is 0 Å². The summed E-state index contributed by atoms with van der Waals surface area (Å²) in [5.74, 6) is 0. The van der Waals surface area contributed by atoms with Crippen LogP contribution in [0.5, 0.6) is 0 Å². The van der Waals surface area contributed by atoms with E-state index in [9.17, 15) is 0 Å². The fraction of sp³-hybridized carbons (Fsp3) is 0. The normalized spacial score (nSPS) is 11.8. The second kappa shape index (κ2) is 23.8. The highest BCUT2D eigenvalue weighted by atomic mass is 16.3. The number of hydrogen-bond donors (Lipinski definition) is 0. The van der Waals surface area contributed by atoms with Gasteiger partial charge in [0.2, 0.25) is 0 Å². The van der Waals surface area contributed by atoms with E-state index in [2.05, 4.69) is 289 Å². The first kappa shape index (κ1) is 58.8. The second-order valence-electron chi connectivity index (χ2n) is 26.6. The van der Waals surface area contributed by atoms with E-state index in [4.69, 9.17) is 26.5 Å². The van der Waals surface area contributed by atoms with E-state index in [1.54, 1.807) is 0 Å². The monoisotopic (exact) mass is 1330 g/mol. The average Bonchev–Trinajstić information content (AvgIpc) is 1.64. The van der Waals surface area contributed by atoms with Gasteiger partial charge in [0.1, 0.15) is 61.4 Å². The number of nitrogens with zero attached hydrogens (tertiary/aromatic N) is 2. The molecule has 0 unspecified atom stereocenters. The van der Waals surface area contributed by atoms with E-state index in [1.807, 2.05) is 72.8 Å². The lowest BCUT2D eigenvalue weighted by atomic mass is 10.0. The van der Waals surface area contributed by atoms with Crippen LogP contribution in [0.4, 0.5) is 34.1 Å². The van der Waals surface area contributed by atoms with Gasteiger partial charge in [0.25, 0.3) is 0 Å². The van der Waals surface area contributed by atoms with Gasteiger partial charge in [0.15, 0.2) is 5.58 Å². The highest BCUT2D eigenvalue weighted by Gasteiger charge is 2.23. The van der Waals surface area contributed by atoms with Crippen molar-refractivity contribution in [2.24, 2.45) is 0 Å². The van der Waals surface area contributed by atoms with Crippen LogP contribution in [0.1, 0.15) is 0 Å². The first-order chi connectivity index (χ1) is 51.5. The van der Waals surface area contributed by atoms with Crippen molar-refractivity contribution in [3.8, 4) is 44.5 Å². The Hall–Kier alpha value is -14.1.